The van der Waals surface area contributed by atoms with Gasteiger partial charge in [0.1, 0.15) is 0 Å². The largest absolute Gasteiger partial charge is 0.398 e. The number of benzene rings is 1. The molecule has 0 aliphatic heterocycles. The number of hydrogen-bond donors (Lipinski definition) is 2. The molecule has 1 aromatic carbocycles. The summed E-state index contributed by atoms with van der Waals surface area (Å²) in [6, 6.07) is 8.05. The summed E-state index contributed by atoms with van der Waals surface area (Å²) < 4.78 is 26.8. The minimum absolute atomic E-state index is 0.135. The molecule has 0 unspecified atom stereocenters. The van der Waals surface area contributed by atoms with Crippen molar-refractivity contribution in [3.63, 3.8) is 0 Å². The lowest BCUT2D eigenvalue weighted by Crippen LogP contribution is -2.13. The number of hydrogen-bond acceptors (Lipinski definition) is 4. The molecule has 19 heavy (non-hydrogen) atoms. The Morgan fingerprint density at radius 3 is 2.47 bits per heavy atom. The van der Waals surface area contributed by atoms with Crippen molar-refractivity contribution in [2.24, 2.45) is 0 Å². The maximum Gasteiger partial charge on any atom is 0.262 e. The number of nitrogen functional groups attached to an aromatic ring is 1. The van der Waals surface area contributed by atoms with Crippen LogP contribution in [0.2, 0.25) is 0 Å². The summed E-state index contributed by atoms with van der Waals surface area (Å²) in [4.78, 5) is 4.17. The van der Waals surface area contributed by atoms with Crippen molar-refractivity contribution in [2.45, 2.75) is 18.7 Å². The number of nitrogens with one attached hydrogen (secondary N) is 1. The molecule has 2 aromatic rings. The highest BCUT2D eigenvalue weighted by Crippen LogP contribution is 2.20. The summed E-state index contributed by atoms with van der Waals surface area (Å²) in [6.45, 7) is 3.65. The van der Waals surface area contributed by atoms with Crippen molar-refractivity contribution in [3.8, 4) is 0 Å². The van der Waals surface area contributed by atoms with E-state index in [4.69, 9.17) is 5.73 Å². The summed E-state index contributed by atoms with van der Waals surface area (Å²) in [6.07, 6.45) is 1.48. The van der Waals surface area contributed by atoms with Crippen molar-refractivity contribution in [2.75, 3.05) is 10.5 Å². The van der Waals surface area contributed by atoms with Gasteiger partial charge < -0.3 is 5.73 Å². The Hall–Kier alpha value is -2.08. The van der Waals surface area contributed by atoms with Gasteiger partial charge in [-0.05, 0) is 43.7 Å². The maximum absolute atomic E-state index is 12.2. The first kappa shape index (κ1) is 13.4. The normalized spacial score (nSPS) is 11.3. The zero-order valence-electron chi connectivity index (χ0n) is 10.7. The van der Waals surface area contributed by atoms with E-state index in [1.807, 2.05) is 13.8 Å². The average molecular weight is 277 g/mol. The molecule has 0 fully saturated rings. The van der Waals surface area contributed by atoms with Gasteiger partial charge in [-0.2, -0.15) is 0 Å². The van der Waals surface area contributed by atoms with Crippen LogP contribution in [0.15, 0.2) is 41.4 Å². The number of aromatic nitrogens is 1. The minimum atomic E-state index is -3.64. The fourth-order valence-corrected chi connectivity index (χ4v) is 2.61. The third-order valence-corrected chi connectivity index (χ3v) is 4.10. The molecule has 0 saturated carbocycles. The van der Waals surface area contributed by atoms with E-state index in [9.17, 15) is 8.42 Å². The lowest BCUT2D eigenvalue weighted by Gasteiger charge is -2.09. The van der Waals surface area contributed by atoms with Gasteiger partial charge in [-0.1, -0.05) is 6.07 Å². The van der Waals surface area contributed by atoms with Crippen molar-refractivity contribution < 1.29 is 8.42 Å². The molecule has 0 aliphatic rings. The Kier molecular flexibility index (Phi) is 3.44. The molecular formula is C13H15N3O2S. The standard InChI is InChI=1S/C13H15N3O2S/c1-9-3-6-12(7-13(9)14)19(17,18)16-11-5-4-10(2)15-8-11/h3-8,16H,14H2,1-2H3. The number of pyridine rings is 1. The molecule has 0 aliphatic carbocycles. The van der Waals surface area contributed by atoms with Gasteiger partial charge in [-0.25, -0.2) is 8.42 Å². The lowest BCUT2D eigenvalue weighted by molar-refractivity contribution is 0.601. The molecule has 1 heterocycles. The van der Waals surface area contributed by atoms with E-state index in [0.717, 1.165) is 11.3 Å². The molecule has 0 amide bonds. The van der Waals surface area contributed by atoms with Crippen LogP contribution in [-0.4, -0.2) is 13.4 Å². The Bertz CT molecular complexity index is 694. The summed E-state index contributed by atoms with van der Waals surface area (Å²) in [7, 11) is -3.64. The third kappa shape index (κ3) is 3.03. The van der Waals surface area contributed by atoms with Crippen LogP contribution in [0, 0.1) is 13.8 Å². The molecule has 0 saturated heterocycles. The smallest absolute Gasteiger partial charge is 0.262 e. The summed E-state index contributed by atoms with van der Waals surface area (Å²) in [5.74, 6) is 0. The van der Waals surface area contributed by atoms with Crippen LogP contribution < -0.4 is 10.5 Å². The van der Waals surface area contributed by atoms with E-state index < -0.39 is 10.0 Å². The molecule has 6 heteroatoms. The van der Waals surface area contributed by atoms with Crippen molar-refractivity contribution in [3.05, 3.63) is 47.8 Å². The Labute approximate surface area is 112 Å². The predicted octanol–water partition coefficient (Wildman–Crippen LogP) is 2.08. The SMILES string of the molecule is Cc1ccc(NS(=O)(=O)c2ccc(C)c(N)c2)cn1. The van der Waals surface area contributed by atoms with Crippen LogP contribution in [0.3, 0.4) is 0 Å². The van der Waals surface area contributed by atoms with Crippen molar-refractivity contribution in [1.29, 1.82) is 0 Å². The van der Waals surface area contributed by atoms with Gasteiger partial charge in [0.25, 0.3) is 10.0 Å². The second-order valence-electron chi connectivity index (χ2n) is 4.31. The highest BCUT2D eigenvalue weighted by molar-refractivity contribution is 7.92. The molecule has 0 radical (unpaired) electrons. The molecule has 5 nitrogen and oxygen atoms in total. The van der Waals surface area contributed by atoms with Crippen molar-refractivity contribution >= 4 is 21.4 Å². The van der Waals surface area contributed by atoms with Gasteiger partial charge in [0.05, 0.1) is 16.8 Å². The zero-order valence-corrected chi connectivity index (χ0v) is 11.5. The fraction of sp³-hybridized carbons (Fsp3) is 0.154. The maximum atomic E-state index is 12.2. The number of nitrogens with zero attached hydrogens (tertiary/aromatic N) is 1. The Morgan fingerprint density at radius 2 is 1.89 bits per heavy atom. The van der Waals surface area contributed by atoms with Crippen LogP contribution in [0.4, 0.5) is 11.4 Å². The van der Waals surface area contributed by atoms with Crippen LogP contribution in [0.5, 0.6) is 0 Å². The third-order valence-electron chi connectivity index (χ3n) is 2.72. The van der Waals surface area contributed by atoms with Gasteiger partial charge >= 0.3 is 0 Å². The van der Waals surface area contributed by atoms with E-state index in [1.54, 1.807) is 18.2 Å². The number of nitrogens with two attached hydrogens (primary N) is 1. The van der Waals surface area contributed by atoms with Gasteiger partial charge in [0, 0.05) is 11.4 Å². The van der Waals surface area contributed by atoms with Gasteiger partial charge in [-0.3, -0.25) is 9.71 Å². The van der Waals surface area contributed by atoms with Gasteiger partial charge in [0.2, 0.25) is 0 Å². The summed E-state index contributed by atoms with van der Waals surface area (Å²) in [5, 5.41) is 0. The van der Waals surface area contributed by atoms with E-state index in [2.05, 4.69) is 9.71 Å². The quantitative estimate of drug-likeness (QED) is 0.841. The highest BCUT2D eigenvalue weighted by Gasteiger charge is 2.15. The van der Waals surface area contributed by atoms with Crippen LogP contribution in [0.1, 0.15) is 11.3 Å². The molecular weight excluding hydrogens is 262 g/mol. The van der Waals surface area contributed by atoms with E-state index >= 15 is 0 Å². The first-order valence-corrected chi connectivity index (χ1v) is 7.18. The monoisotopic (exact) mass is 277 g/mol. The molecule has 0 spiro atoms. The minimum Gasteiger partial charge on any atom is -0.398 e. The molecule has 3 N–H and O–H groups in total. The first-order valence-electron chi connectivity index (χ1n) is 5.70. The second-order valence-corrected chi connectivity index (χ2v) is 5.99. The van der Waals surface area contributed by atoms with Crippen LogP contribution >= 0.6 is 0 Å². The summed E-state index contributed by atoms with van der Waals surface area (Å²) >= 11 is 0. The van der Waals surface area contributed by atoms with Crippen LogP contribution in [-0.2, 0) is 10.0 Å². The van der Waals surface area contributed by atoms with E-state index in [1.165, 1.54) is 18.3 Å². The molecule has 1 aromatic heterocycles. The van der Waals surface area contributed by atoms with E-state index in [0.29, 0.717) is 11.4 Å². The molecule has 0 atom stereocenters. The summed E-state index contributed by atoms with van der Waals surface area (Å²) in [5.41, 5.74) is 8.26. The van der Waals surface area contributed by atoms with Crippen LogP contribution in [0.25, 0.3) is 0 Å². The van der Waals surface area contributed by atoms with Gasteiger partial charge in [-0.15, -0.1) is 0 Å². The fourth-order valence-electron chi connectivity index (χ4n) is 1.53. The van der Waals surface area contributed by atoms with E-state index in [-0.39, 0.29) is 4.90 Å². The zero-order chi connectivity index (χ0) is 14.0. The number of aryl methyl sites for hydroxylation is 2. The topological polar surface area (TPSA) is 85.1 Å². The molecule has 2 rings (SSSR count). The van der Waals surface area contributed by atoms with Gasteiger partial charge in [0.15, 0.2) is 0 Å². The lowest BCUT2D eigenvalue weighted by atomic mass is 10.2. The number of sulfonamides is 1. The van der Waals surface area contributed by atoms with Crippen molar-refractivity contribution in [1.82, 2.24) is 4.98 Å². The molecule has 100 valence electrons. The average Bonchev–Trinajstić information content (AvgIpc) is 2.35. The number of rotatable bonds is 3. The Balaban J connectivity index is 2.32. The molecule has 0 bridgehead atoms. The second kappa shape index (κ2) is 4.89. The Morgan fingerprint density at radius 1 is 1.16 bits per heavy atom. The number of anilines is 2. The first-order chi connectivity index (χ1) is 8.88. The predicted molar refractivity (Wildman–Crippen MR) is 75.4 cm³/mol. The highest BCUT2D eigenvalue weighted by atomic mass is 32.2.